The number of benzene rings is 1. The first kappa shape index (κ1) is 19.1. The summed E-state index contributed by atoms with van der Waals surface area (Å²) in [6.45, 7) is 12.5. The zero-order chi connectivity index (χ0) is 18.3. The molecule has 0 fully saturated rings. The molecule has 0 unspecified atom stereocenters. The van der Waals surface area contributed by atoms with Crippen LogP contribution in [0.25, 0.3) is 11.0 Å². The molecule has 0 bridgehead atoms. The first-order valence-electron chi connectivity index (χ1n) is 8.09. The fraction of sp³-hybridized carbons (Fsp3) is 0.556. The normalized spacial score (nSPS) is 12.5. The van der Waals surface area contributed by atoms with Crippen molar-refractivity contribution in [2.45, 2.75) is 50.6 Å². The van der Waals surface area contributed by atoms with Crippen LogP contribution < -0.4 is 8.48 Å². The fourth-order valence-electron chi connectivity index (χ4n) is 2.36. The molecule has 0 N–H and O–H groups in total. The van der Waals surface area contributed by atoms with Crippen molar-refractivity contribution < 1.29 is 9.53 Å². The Labute approximate surface area is 154 Å². The van der Waals surface area contributed by atoms with Gasteiger partial charge in [0.05, 0.1) is 0 Å². The third-order valence-corrected chi connectivity index (χ3v) is 6.98. The second kappa shape index (κ2) is 6.58. The molecular weight excluding hydrogens is 409 g/mol. The topological polar surface area (TPSA) is 47.4 Å². The van der Waals surface area contributed by atoms with Crippen molar-refractivity contribution in [3.63, 3.8) is 0 Å². The third kappa shape index (κ3) is 4.65. The minimum absolute atomic E-state index is 0.345. The molecule has 0 amide bonds. The van der Waals surface area contributed by atoms with Gasteiger partial charge in [0.25, 0.3) is 0 Å². The van der Waals surface area contributed by atoms with Gasteiger partial charge in [0, 0.05) is 0 Å². The van der Waals surface area contributed by atoms with Crippen molar-refractivity contribution >= 4 is 47.8 Å². The van der Waals surface area contributed by atoms with Crippen molar-refractivity contribution in [3.05, 3.63) is 18.2 Å². The summed E-state index contributed by atoms with van der Waals surface area (Å²) >= 11 is -0.762. The van der Waals surface area contributed by atoms with E-state index in [4.69, 9.17) is 4.74 Å². The Morgan fingerprint density at radius 3 is 2.29 bits per heavy atom. The molecule has 0 atom stereocenters. The van der Waals surface area contributed by atoms with Crippen molar-refractivity contribution in [1.82, 2.24) is 9.55 Å². The number of fused-ring (bicyclic) bond motifs is 1. The van der Waals surface area contributed by atoms with Gasteiger partial charge in [-0.05, 0) is 0 Å². The van der Waals surface area contributed by atoms with Crippen molar-refractivity contribution in [1.29, 1.82) is 0 Å². The summed E-state index contributed by atoms with van der Waals surface area (Å²) in [5.74, 6) is 0.595. The summed E-state index contributed by atoms with van der Waals surface area (Å²) in [5.41, 5.74) is 1.11. The molecule has 1 aromatic heterocycles. The average molecular weight is 436 g/mol. The summed E-state index contributed by atoms with van der Waals surface area (Å²) in [7, 11) is 3.77. The molecule has 130 valence electrons. The van der Waals surface area contributed by atoms with Gasteiger partial charge in [-0.15, -0.1) is 0 Å². The molecule has 0 aliphatic carbocycles. The van der Waals surface area contributed by atoms with Crippen LogP contribution in [0.5, 0.6) is 0 Å². The molecule has 6 heteroatoms. The molecule has 1 aromatic carbocycles. The van der Waals surface area contributed by atoms with Crippen LogP contribution in [-0.2, 0) is 4.74 Å². The second-order valence-electron chi connectivity index (χ2n) is 8.20. The van der Waals surface area contributed by atoms with Gasteiger partial charge in [-0.2, -0.15) is 0 Å². The molecule has 2 rings (SSSR count). The van der Waals surface area contributed by atoms with E-state index in [1.807, 2.05) is 45.8 Å². The summed E-state index contributed by atoms with van der Waals surface area (Å²) < 4.78 is 8.88. The first-order chi connectivity index (χ1) is 10.9. The SMILES string of the molecule is CN(C)c1nc2cc[c]([Sn][C](C)(C)C)cc2n1C(=O)OC(C)(C)C. The number of carbonyl (C=O) groups excluding carboxylic acids is 1. The van der Waals surface area contributed by atoms with Gasteiger partial charge < -0.3 is 0 Å². The van der Waals surface area contributed by atoms with Crippen LogP contribution >= 0.6 is 0 Å². The number of anilines is 1. The molecule has 24 heavy (non-hydrogen) atoms. The van der Waals surface area contributed by atoms with Crippen LogP contribution in [0.1, 0.15) is 41.5 Å². The number of aromatic nitrogens is 2. The van der Waals surface area contributed by atoms with Gasteiger partial charge in [-0.25, -0.2) is 0 Å². The summed E-state index contributed by atoms with van der Waals surface area (Å²) in [6.07, 6.45) is -0.382. The quantitative estimate of drug-likeness (QED) is 0.678. The Kier molecular flexibility index (Phi) is 5.23. The number of hydrogen-bond donors (Lipinski definition) is 0. The summed E-state index contributed by atoms with van der Waals surface area (Å²) in [4.78, 5) is 19.2. The third-order valence-electron chi connectivity index (χ3n) is 3.13. The van der Waals surface area contributed by atoms with Gasteiger partial charge in [0.2, 0.25) is 0 Å². The molecule has 2 radical (unpaired) electrons. The number of imidazole rings is 1. The molecule has 0 aliphatic heterocycles. The predicted molar refractivity (Wildman–Crippen MR) is 101 cm³/mol. The Hall–Kier alpha value is -1.24. The van der Waals surface area contributed by atoms with Crippen LogP contribution in [0.3, 0.4) is 0 Å². The van der Waals surface area contributed by atoms with Crippen LogP contribution in [0.2, 0.25) is 3.43 Å². The van der Waals surface area contributed by atoms with Gasteiger partial charge in [0.15, 0.2) is 0 Å². The molecule has 0 spiro atoms. The van der Waals surface area contributed by atoms with Crippen LogP contribution in [-0.4, -0.2) is 56.5 Å². The van der Waals surface area contributed by atoms with Crippen molar-refractivity contribution in [2.24, 2.45) is 0 Å². The van der Waals surface area contributed by atoms with E-state index in [9.17, 15) is 4.79 Å². The van der Waals surface area contributed by atoms with E-state index in [0.717, 1.165) is 11.0 Å². The van der Waals surface area contributed by atoms with E-state index < -0.39 is 26.7 Å². The Balaban J connectivity index is 2.58. The molecule has 5 nitrogen and oxygen atoms in total. The van der Waals surface area contributed by atoms with E-state index in [2.05, 4.69) is 37.9 Å². The van der Waals surface area contributed by atoms with Gasteiger partial charge in [-0.1, -0.05) is 0 Å². The standard InChI is InChI=1S/C14H18N3O2.C4H9.Sn/c1-14(2,3)19-13(18)17-11-9-7-6-8-10(11)15-12(17)16(4)5;1-4(2)3;/h6,8-9H,1-5H3;1-3H3;. The fourth-order valence-corrected chi connectivity index (χ4v) is 5.90. The van der Waals surface area contributed by atoms with E-state index in [-0.39, 0.29) is 6.09 Å². The minimum atomic E-state index is -0.762. The Bertz CT molecular complexity index is 752. The first-order valence-corrected chi connectivity index (χ1v) is 10.9. The van der Waals surface area contributed by atoms with E-state index in [0.29, 0.717) is 9.38 Å². The zero-order valence-corrected chi connectivity index (χ0v) is 18.7. The van der Waals surface area contributed by atoms with E-state index in [1.165, 1.54) is 3.58 Å². The Morgan fingerprint density at radius 2 is 1.79 bits per heavy atom. The summed E-state index contributed by atoms with van der Waals surface area (Å²) in [6, 6.07) is 6.30. The maximum atomic E-state index is 12.7. The van der Waals surface area contributed by atoms with Gasteiger partial charge in [-0.3, -0.25) is 0 Å². The number of ether oxygens (including phenoxy) is 1. The number of carbonyl (C=O) groups is 1. The molecular formula is C18H27N3O2Sn. The van der Waals surface area contributed by atoms with Crippen LogP contribution in [0.4, 0.5) is 10.7 Å². The van der Waals surface area contributed by atoms with Gasteiger partial charge in [0.1, 0.15) is 0 Å². The number of rotatable bonds is 2. The van der Waals surface area contributed by atoms with Crippen molar-refractivity contribution in [2.75, 3.05) is 19.0 Å². The molecule has 0 aliphatic rings. The van der Waals surface area contributed by atoms with Crippen LogP contribution in [0, 0.1) is 0 Å². The van der Waals surface area contributed by atoms with E-state index >= 15 is 0 Å². The Morgan fingerprint density at radius 1 is 1.17 bits per heavy atom. The predicted octanol–water partition coefficient (Wildman–Crippen LogP) is 3.43. The second-order valence-corrected chi connectivity index (χ2v) is 14.8. The van der Waals surface area contributed by atoms with Crippen molar-refractivity contribution in [3.8, 4) is 0 Å². The monoisotopic (exact) mass is 437 g/mol. The van der Waals surface area contributed by atoms with Gasteiger partial charge >= 0.3 is 155 Å². The molecule has 0 saturated heterocycles. The molecule has 1 heterocycles. The van der Waals surface area contributed by atoms with Crippen LogP contribution in [0.15, 0.2) is 18.2 Å². The number of hydrogen-bond acceptors (Lipinski definition) is 4. The zero-order valence-electron chi connectivity index (χ0n) is 15.9. The maximum absolute atomic E-state index is 12.7. The number of nitrogens with zero attached hydrogens (tertiary/aromatic N) is 3. The summed E-state index contributed by atoms with van der Waals surface area (Å²) in [5, 5.41) is 0. The average Bonchev–Trinajstić information content (AvgIpc) is 2.73. The molecule has 0 saturated carbocycles. The van der Waals surface area contributed by atoms with E-state index in [1.54, 1.807) is 4.57 Å². The molecule has 2 aromatic rings.